The zero-order valence-corrected chi connectivity index (χ0v) is 16.2. The van der Waals surface area contributed by atoms with Gasteiger partial charge < -0.3 is 4.57 Å². The van der Waals surface area contributed by atoms with E-state index in [9.17, 15) is 4.79 Å². The van der Waals surface area contributed by atoms with Crippen molar-refractivity contribution in [3.63, 3.8) is 0 Å². The molecule has 1 heterocycles. The Hall–Kier alpha value is -2.11. The fourth-order valence-electron chi connectivity index (χ4n) is 2.68. The third-order valence-corrected chi connectivity index (χ3v) is 5.98. The van der Waals surface area contributed by atoms with Crippen LogP contribution >= 0.6 is 23.1 Å². The Morgan fingerprint density at radius 2 is 2.00 bits per heavy atom. The highest BCUT2D eigenvalue weighted by molar-refractivity contribution is 7.98. The lowest BCUT2D eigenvalue weighted by atomic mass is 10.1. The highest BCUT2D eigenvalue weighted by Crippen LogP contribution is 2.23. The van der Waals surface area contributed by atoms with E-state index >= 15 is 0 Å². The number of allylic oxidation sites excluding steroid dienone is 1. The minimum Gasteiger partial charge on any atom is -0.312 e. The topological polar surface area (TPSA) is 34.4 Å². The first-order valence-electron chi connectivity index (χ1n) is 7.98. The van der Waals surface area contributed by atoms with Crippen LogP contribution in [-0.4, -0.2) is 16.7 Å². The molecule has 0 unspecified atom stereocenters. The Morgan fingerprint density at radius 1 is 1.28 bits per heavy atom. The smallest absolute Gasteiger partial charge is 0.280 e. The standard InChI is InChI=1S/C20H20N2OS2/c1-5-10-22-16-11-13(2)14(3)12-18(16)25-20(22)21-19(23)15-8-6-7-9-17(15)24-4/h5-9,11-12H,1,10H2,2-4H3. The first-order valence-corrected chi connectivity index (χ1v) is 10.0. The van der Waals surface area contributed by atoms with Gasteiger partial charge in [-0.1, -0.05) is 29.5 Å². The van der Waals surface area contributed by atoms with Gasteiger partial charge in [0.2, 0.25) is 0 Å². The molecular formula is C20H20N2OS2. The third-order valence-electron chi connectivity index (χ3n) is 4.14. The number of fused-ring (bicyclic) bond motifs is 1. The van der Waals surface area contributed by atoms with Crippen LogP contribution in [0.1, 0.15) is 21.5 Å². The second-order valence-corrected chi connectivity index (χ2v) is 7.66. The lowest BCUT2D eigenvalue weighted by Crippen LogP contribution is -2.16. The van der Waals surface area contributed by atoms with Crippen molar-refractivity contribution in [1.29, 1.82) is 0 Å². The number of aryl methyl sites for hydroxylation is 2. The van der Waals surface area contributed by atoms with Gasteiger partial charge >= 0.3 is 0 Å². The van der Waals surface area contributed by atoms with Gasteiger partial charge in [0, 0.05) is 11.4 Å². The zero-order valence-electron chi connectivity index (χ0n) is 14.6. The van der Waals surface area contributed by atoms with Gasteiger partial charge in [-0.2, -0.15) is 4.99 Å². The van der Waals surface area contributed by atoms with Crippen molar-refractivity contribution in [2.24, 2.45) is 4.99 Å². The van der Waals surface area contributed by atoms with Crippen LogP contribution in [0.3, 0.4) is 0 Å². The van der Waals surface area contributed by atoms with Crippen LogP contribution in [0.5, 0.6) is 0 Å². The number of amides is 1. The van der Waals surface area contributed by atoms with E-state index in [1.807, 2.05) is 36.6 Å². The maximum Gasteiger partial charge on any atom is 0.280 e. The minimum atomic E-state index is -0.206. The highest BCUT2D eigenvalue weighted by atomic mass is 32.2. The van der Waals surface area contributed by atoms with E-state index in [-0.39, 0.29) is 5.91 Å². The number of hydrogen-bond donors (Lipinski definition) is 0. The minimum absolute atomic E-state index is 0.206. The molecule has 5 heteroatoms. The quantitative estimate of drug-likeness (QED) is 0.481. The predicted octanol–water partition coefficient (Wildman–Crippen LogP) is 4.97. The second kappa shape index (κ2) is 7.42. The molecule has 3 rings (SSSR count). The van der Waals surface area contributed by atoms with E-state index < -0.39 is 0 Å². The molecule has 0 aliphatic rings. The summed E-state index contributed by atoms with van der Waals surface area (Å²) < 4.78 is 3.19. The van der Waals surface area contributed by atoms with Gasteiger partial charge in [-0.25, -0.2) is 0 Å². The molecule has 0 aliphatic heterocycles. The highest BCUT2D eigenvalue weighted by Gasteiger charge is 2.12. The number of rotatable bonds is 4. The van der Waals surface area contributed by atoms with Crippen LogP contribution in [0.4, 0.5) is 0 Å². The summed E-state index contributed by atoms with van der Waals surface area (Å²) in [5.74, 6) is -0.206. The summed E-state index contributed by atoms with van der Waals surface area (Å²) in [6, 6.07) is 11.9. The van der Waals surface area contributed by atoms with Gasteiger partial charge in [0.05, 0.1) is 15.8 Å². The van der Waals surface area contributed by atoms with Crippen molar-refractivity contribution < 1.29 is 4.79 Å². The molecule has 0 fully saturated rings. The molecule has 3 nitrogen and oxygen atoms in total. The molecule has 25 heavy (non-hydrogen) atoms. The van der Waals surface area contributed by atoms with Crippen molar-refractivity contribution in [2.75, 3.05) is 6.26 Å². The average molecular weight is 369 g/mol. The summed E-state index contributed by atoms with van der Waals surface area (Å²) in [7, 11) is 0. The number of thiazole rings is 1. The normalized spacial score (nSPS) is 11.9. The van der Waals surface area contributed by atoms with E-state index in [2.05, 4.69) is 42.1 Å². The number of carbonyl (C=O) groups excluding carboxylic acids is 1. The summed E-state index contributed by atoms with van der Waals surface area (Å²) in [6.45, 7) is 8.66. The first kappa shape index (κ1) is 17.7. The third kappa shape index (κ3) is 3.48. The fourth-order valence-corrected chi connectivity index (χ4v) is 4.39. The summed E-state index contributed by atoms with van der Waals surface area (Å²) in [5.41, 5.74) is 4.21. The summed E-state index contributed by atoms with van der Waals surface area (Å²) in [6.07, 6.45) is 3.80. The number of nitrogens with zero attached hydrogens (tertiary/aromatic N) is 2. The van der Waals surface area contributed by atoms with Gasteiger partial charge in [-0.3, -0.25) is 4.79 Å². The van der Waals surface area contributed by atoms with Gasteiger partial charge in [-0.05, 0) is 55.5 Å². The lowest BCUT2D eigenvalue weighted by Gasteiger charge is -2.04. The first-order chi connectivity index (χ1) is 12.0. The number of hydrogen-bond acceptors (Lipinski definition) is 3. The van der Waals surface area contributed by atoms with Crippen LogP contribution in [-0.2, 0) is 6.54 Å². The molecule has 1 amide bonds. The molecule has 0 saturated carbocycles. The van der Waals surface area contributed by atoms with Crippen molar-refractivity contribution in [1.82, 2.24) is 4.57 Å². The van der Waals surface area contributed by atoms with Crippen molar-refractivity contribution in [3.05, 3.63) is 70.5 Å². The Bertz CT molecular complexity index is 1030. The Morgan fingerprint density at radius 3 is 2.72 bits per heavy atom. The van der Waals surface area contributed by atoms with Gasteiger partial charge in [0.1, 0.15) is 0 Å². The Kier molecular flexibility index (Phi) is 5.25. The van der Waals surface area contributed by atoms with Crippen LogP contribution in [0.15, 0.2) is 58.9 Å². The summed E-state index contributed by atoms with van der Waals surface area (Å²) in [5, 5.41) is 0. The molecule has 0 atom stereocenters. The van der Waals surface area contributed by atoms with E-state index in [0.29, 0.717) is 16.9 Å². The maximum atomic E-state index is 12.7. The molecule has 2 aromatic carbocycles. The molecule has 0 saturated heterocycles. The Labute approximate surface area is 155 Å². The van der Waals surface area contributed by atoms with Crippen molar-refractivity contribution in [2.45, 2.75) is 25.3 Å². The van der Waals surface area contributed by atoms with Crippen molar-refractivity contribution in [3.8, 4) is 0 Å². The molecule has 1 aromatic heterocycles. The number of benzene rings is 2. The van der Waals surface area contributed by atoms with Crippen LogP contribution in [0.2, 0.25) is 0 Å². The SMILES string of the molecule is C=CCn1c(=NC(=O)c2ccccc2SC)sc2cc(C)c(C)cc21. The molecule has 3 aromatic rings. The number of carbonyl (C=O) groups is 1. The van der Waals surface area contributed by atoms with E-state index in [0.717, 1.165) is 15.1 Å². The van der Waals surface area contributed by atoms with Gasteiger partial charge in [0.15, 0.2) is 4.80 Å². The van der Waals surface area contributed by atoms with Gasteiger partial charge in [-0.15, -0.1) is 18.3 Å². The largest absolute Gasteiger partial charge is 0.312 e. The Balaban J connectivity index is 2.20. The van der Waals surface area contributed by atoms with Crippen molar-refractivity contribution >= 4 is 39.2 Å². The lowest BCUT2D eigenvalue weighted by molar-refractivity contribution is 0.0995. The van der Waals surface area contributed by atoms with Crippen LogP contribution in [0, 0.1) is 13.8 Å². The zero-order chi connectivity index (χ0) is 18.0. The van der Waals surface area contributed by atoms with Crippen LogP contribution < -0.4 is 4.80 Å². The van der Waals surface area contributed by atoms with E-state index in [1.165, 1.54) is 11.1 Å². The molecule has 128 valence electrons. The molecule has 0 bridgehead atoms. The molecule has 0 N–H and O–H groups in total. The number of aromatic nitrogens is 1. The summed E-state index contributed by atoms with van der Waals surface area (Å²) in [4.78, 5) is 18.8. The second-order valence-electron chi connectivity index (χ2n) is 5.81. The van der Waals surface area contributed by atoms with Gasteiger partial charge in [0.25, 0.3) is 5.91 Å². The molecule has 0 aliphatic carbocycles. The van der Waals surface area contributed by atoms with E-state index in [1.54, 1.807) is 23.1 Å². The maximum absolute atomic E-state index is 12.7. The van der Waals surface area contributed by atoms with E-state index in [4.69, 9.17) is 0 Å². The average Bonchev–Trinajstić information content (AvgIpc) is 2.92. The molecule has 0 spiro atoms. The fraction of sp³-hybridized carbons (Fsp3) is 0.200. The van der Waals surface area contributed by atoms with Crippen LogP contribution in [0.25, 0.3) is 10.2 Å². The molecule has 0 radical (unpaired) electrons. The summed E-state index contributed by atoms with van der Waals surface area (Å²) >= 11 is 3.10. The monoisotopic (exact) mass is 368 g/mol. The molecular weight excluding hydrogens is 348 g/mol. The predicted molar refractivity (Wildman–Crippen MR) is 108 cm³/mol. The number of thioether (sulfide) groups is 1.